The van der Waals surface area contributed by atoms with E-state index < -0.39 is 12.2 Å². The van der Waals surface area contributed by atoms with Gasteiger partial charge in [-0.2, -0.15) is 5.10 Å². The summed E-state index contributed by atoms with van der Waals surface area (Å²) in [6.45, 7) is 3.56. The Labute approximate surface area is 420 Å². The number of carbonyl (C=O) groups is 2. The van der Waals surface area contributed by atoms with Gasteiger partial charge < -0.3 is 41.7 Å². The second-order valence-corrected chi connectivity index (χ2v) is 16.3. The van der Waals surface area contributed by atoms with E-state index in [2.05, 4.69) is 57.2 Å². The molecule has 0 saturated carbocycles. The van der Waals surface area contributed by atoms with Gasteiger partial charge in [-0.05, 0) is 111 Å². The van der Waals surface area contributed by atoms with Gasteiger partial charge >= 0.3 is 0 Å². The summed E-state index contributed by atoms with van der Waals surface area (Å²) in [4.78, 5) is 34.5. The highest BCUT2D eigenvalue weighted by molar-refractivity contribution is 9.11. The number of carbonyl (C=O) groups excluding carboxylic acids is 2. The quantitative estimate of drug-likeness (QED) is 0.0705. The van der Waals surface area contributed by atoms with E-state index in [4.69, 9.17) is 46.5 Å². The predicted octanol–water partition coefficient (Wildman–Crippen LogP) is 10.9. The first kappa shape index (κ1) is 52.3. The maximum absolute atomic E-state index is 13.2. The highest BCUT2D eigenvalue weighted by atomic mass is 79.9. The van der Waals surface area contributed by atoms with Crippen molar-refractivity contribution in [1.29, 1.82) is 0 Å². The van der Waals surface area contributed by atoms with Crippen molar-refractivity contribution < 1.29 is 56.1 Å². The summed E-state index contributed by atoms with van der Waals surface area (Å²) in [6.07, 6.45) is 0.0883. The number of ketones is 1. The molecule has 0 radical (unpaired) electrons. The minimum absolute atomic E-state index is 0.186. The number of likely N-dealkylation sites (N-methyl/N-ethyl adjacent to an activating group) is 1. The van der Waals surface area contributed by atoms with Crippen LogP contribution in [0.1, 0.15) is 45.6 Å². The number of H-pyrrole nitrogens is 1. The maximum atomic E-state index is 13.2. The van der Waals surface area contributed by atoms with Gasteiger partial charge in [0.2, 0.25) is 17.6 Å². The number of ether oxygens (including phenoxy) is 6. The Morgan fingerprint density at radius 2 is 1.16 bits per heavy atom. The van der Waals surface area contributed by atoms with Gasteiger partial charge in [-0.3, -0.25) is 19.5 Å². The van der Waals surface area contributed by atoms with E-state index in [-0.39, 0.29) is 17.5 Å². The molecule has 18 nitrogen and oxygen atoms in total. The zero-order valence-corrected chi connectivity index (χ0v) is 43.0. The standard InChI is InChI=1S/C24H22BrN3O5.C14H17N3O4.C12H11BrO3/c1-13-26-24(28-27-13)15-7-5-14(6-8-15)23(32-4)22(29)18-10-9-17(33-18)16-11-19(30-2)21(25)20(12-16)31-3;1-9-15-16-13(21-9)11-7-5-10(6-8-11)12(19-3)14(18)17(2)20-4;1-14-10-6-8(9-4-3-5-16-9)7-11(15-2)12(10)13/h5-12,23H,1-4H3,(H,26,27,28);5-8,12H,1-4H3;3-7H,1-2H3. The maximum Gasteiger partial charge on any atom is 0.279 e. The van der Waals surface area contributed by atoms with Crippen LogP contribution in [0.2, 0.25) is 0 Å². The number of aromatic amines is 1. The van der Waals surface area contributed by atoms with Crippen molar-refractivity contribution in [3.8, 4) is 68.5 Å². The highest BCUT2D eigenvalue weighted by Crippen LogP contribution is 2.41. The lowest BCUT2D eigenvalue weighted by atomic mass is 10.0. The first-order chi connectivity index (χ1) is 33.8. The second kappa shape index (κ2) is 24.4. The molecule has 0 aliphatic rings. The molecule has 0 aliphatic heterocycles. The van der Waals surface area contributed by atoms with E-state index in [1.165, 1.54) is 28.4 Å². The molecule has 8 rings (SSSR count). The summed E-state index contributed by atoms with van der Waals surface area (Å²) >= 11 is 6.87. The summed E-state index contributed by atoms with van der Waals surface area (Å²) in [7, 11) is 12.3. The van der Waals surface area contributed by atoms with Crippen LogP contribution in [0.3, 0.4) is 0 Å². The number of methoxy groups -OCH3 is 6. The molecule has 20 heteroatoms. The molecule has 8 aromatic rings. The average molecular weight is 1090 g/mol. The van der Waals surface area contributed by atoms with Gasteiger partial charge in [0.15, 0.2) is 17.7 Å². The number of hydroxylamine groups is 2. The van der Waals surface area contributed by atoms with E-state index in [9.17, 15) is 9.59 Å². The SMILES string of the molecule is COC(C(=O)N(C)OC)c1ccc(-c2nnc(C)o2)cc1.COc1cc(-c2ccc(C(=O)C(OC)c3ccc(-c4n[nH]c(C)n4)cc3)o2)cc(OC)c1Br.COc1cc(-c2ccco2)cc(OC)c1Br. The van der Waals surface area contributed by atoms with Gasteiger partial charge in [-0.25, -0.2) is 10.0 Å². The Bertz CT molecular complexity index is 2920. The van der Waals surface area contributed by atoms with Crippen LogP contribution in [0.5, 0.6) is 23.0 Å². The van der Waals surface area contributed by atoms with Gasteiger partial charge in [0.25, 0.3) is 5.91 Å². The number of hydrogen-bond acceptors (Lipinski definition) is 16. The first-order valence-corrected chi connectivity index (χ1v) is 22.6. The smallest absolute Gasteiger partial charge is 0.279 e. The van der Waals surface area contributed by atoms with Gasteiger partial charge in [0.1, 0.15) is 55.4 Å². The van der Waals surface area contributed by atoms with E-state index in [0.29, 0.717) is 67.5 Å². The van der Waals surface area contributed by atoms with E-state index >= 15 is 0 Å². The second-order valence-electron chi connectivity index (χ2n) is 14.8. The van der Waals surface area contributed by atoms with Crippen LogP contribution >= 0.6 is 31.9 Å². The molecule has 70 heavy (non-hydrogen) atoms. The zero-order chi connectivity index (χ0) is 50.5. The molecule has 2 unspecified atom stereocenters. The topological polar surface area (TPSA) is 209 Å². The summed E-state index contributed by atoms with van der Waals surface area (Å²) in [5.74, 6) is 5.76. The molecule has 1 amide bonds. The number of furan rings is 2. The number of benzene rings is 4. The van der Waals surface area contributed by atoms with Crippen LogP contribution < -0.4 is 18.9 Å². The minimum Gasteiger partial charge on any atom is -0.495 e. The molecular formula is C50H50Br2N6O12. The fraction of sp³-hybridized carbons (Fsp3) is 0.240. The third-order valence-corrected chi connectivity index (χ3v) is 12.0. The van der Waals surface area contributed by atoms with E-state index in [1.54, 1.807) is 90.2 Å². The Hall–Kier alpha value is -7.10. The number of halogens is 2. The van der Waals surface area contributed by atoms with Crippen molar-refractivity contribution in [2.45, 2.75) is 26.1 Å². The monoisotopic (exact) mass is 1080 g/mol. The van der Waals surface area contributed by atoms with Crippen LogP contribution in [0.4, 0.5) is 0 Å². The summed E-state index contributed by atoms with van der Waals surface area (Å²) < 4.78 is 50.1. The Morgan fingerprint density at radius 3 is 1.60 bits per heavy atom. The van der Waals surface area contributed by atoms with Crippen molar-refractivity contribution in [2.24, 2.45) is 0 Å². The molecule has 366 valence electrons. The number of aromatic nitrogens is 5. The van der Waals surface area contributed by atoms with Crippen molar-refractivity contribution in [1.82, 2.24) is 30.4 Å². The largest absolute Gasteiger partial charge is 0.495 e. The normalized spacial score (nSPS) is 11.6. The molecule has 0 fully saturated rings. The number of rotatable bonds is 16. The summed E-state index contributed by atoms with van der Waals surface area (Å²) in [5, 5.41) is 15.8. The lowest BCUT2D eigenvalue weighted by Gasteiger charge is -2.20. The average Bonchev–Trinajstić information content (AvgIpc) is 4.25. The Kier molecular flexibility index (Phi) is 18.3. The number of amides is 1. The fourth-order valence-electron chi connectivity index (χ4n) is 6.74. The van der Waals surface area contributed by atoms with Crippen LogP contribution in [0.15, 0.2) is 126 Å². The fourth-order valence-corrected chi connectivity index (χ4v) is 7.85. The van der Waals surface area contributed by atoms with Crippen molar-refractivity contribution in [3.05, 3.63) is 141 Å². The summed E-state index contributed by atoms with van der Waals surface area (Å²) in [5.41, 5.74) is 4.66. The lowest BCUT2D eigenvalue weighted by Crippen LogP contribution is -2.31. The van der Waals surface area contributed by atoms with Crippen LogP contribution in [0.25, 0.3) is 45.5 Å². The molecular weight excluding hydrogens is 1040 g/mol. The number of nitrogens with zero attached hydrogens (tertiary/aromatic N) is 5. The first-order valence-electron chi connectivity index (χ1n) is 21.1. The Balaban J connectivity index is 0.000000186. The molecule has 0 saturated heterocycles. The third kappa shape index (κ3) is 12.4. The van der Waals surface area contributed by atoms with Crippen LogP contribution in [-0.2, 0) is 19.1 Å². The van der Waals surface area contributed by atoms with Gasteiger partial charge in [0.05, 0.1) is 41.8 Å². The molecule has 0 aliphatic carbocycles. The Morgan fingerprint density at radius 1 is 0.629 bits per heavy atom. The molecule has 0 bridgehead atoms. The van der Waals surface area contributed by atoms with Crippen LogP contribution in [0, 0.1) is 13.8 Å². The van der Waals surface area contributed by atoms with Crippen LogP contribution in [-0.4, -0.2) is 98.9 Å². The number of nitrogens with one attached hydrogen (secondary N) is 1. The van der Waals surface area contributed by atoms with Crippen molar-refractivity contribution in [3.63, 3.8) is 0 Å². The van der Waals surface area contributed by atoms with Crippen molar-refractivity contribution >= 4 is 43.6 Å². The molecule has 1 N–H and O–H groups in total. The number of hydrogen-bond donors (Lipinski definition) is 1. The van der Waals surface area contributed by atoms with Crippen molar-refractivity contribution in [2.75, 3.05) is 56.8 Å². The van der Waals surface area contributed by atoms with Gasteiger partial charge in [-0.1, -0.05) is 36.4 Å². The molecule has 4 aromatic carbocycles. The highest BCUT2D eigenvalue weighted by Gasteiger charge is 2.27. The molecule has 4 aromatic heterocycles. The van der Waals surface area contributed by atoms with Gasteiger partial charge in [-0.15, -0.1) is 10.2 Å². The summed E-state index contributed by atoms with van der Waals surface area (Å²) in [6, 6.07) is 29.0. The zero-order valence-electron chi connectivity index (χ0n) is 39.9. The lowest BCUT2D eigenvalue weighted by molar-refractivity contribution is -0.179. The number of aryl methyl sites for hydroxylation is 2. The predicted molar refractivity (Wildman–Crippen MR) is 265 cm³/mol. The van der Waals surface area contributed by atoms with E-state index in [1.807, 2.05) is 55.5 Å². The minimum atomic E-state index is -0.819. The molecule has 2 atom stereocenters. The van der Waals surface area contributed by atoms with Gasteiger partial charge in [0, 0.05) is 50.4 Å². The molecule has 0 spiro atoms. The number of Topliss-reactive ketones (excluding diaryl/α,β-unsaturated/α-hetero) is 1. The third-order valence-electron chi connectivity index (χ3n) is 10.4. The van der Waals surface area contributed by atoms with E-state index in [0.717, 1.165) is 37.8 Å². The molecule has 4 heterocycles.